The van der Waals surface area contributed by atoms with Gasteiger partial charge in [-0.15, -0.1) is 0 Å². The predicted octanol–water partition coefficient (Wildman–Crippen LogP) is 25.1. The molecule has 0 heterocycles. The number of amides is 1. The highest BCUT2D eigenvalue weighted by molar-refractivity contribution is 5.76. The van der Waals surface area contributed by atoms with Gasteiger partial charge in [-0.1, -0.05) is 376 Å². The first-order chi connectivity index (χ1) is 39.7. The Kier molecular flexibility index (Phi) is 69.6. The first kappa shape index (κ1) is 78.1. The van der Waals surface area contributed by atoms with E-state index in [0.717, 1.165) is 44.9 Å². The molecule has 0 rings (SSSR count). The van der Waals surface area contributed by atoms with E-state index in [4.69, 9.17) is 0 Å². The normalized spacial score (nSPS) is 13.0. The summed E-state index contributed by atoms with van der Waals surface area (Å²) in [6.45, 7) is 4.32. The average molecular weight is 1120 g/mol. The van der Waals surface area contributed by atoms with E-state index < -0.39 is 12.1 Å². The van der Waals surface area contributed by atoms with Gasteiger partial charge in [0.25, 0.3) is 0 Å². The van der Waals surface area contributed by atoms with Crippen LogP contribution in [0.4, 0.5) is 0 Å². The highest BCUT2D eigenvalue weighted by Gasteiger charge is 2.18. The quantitative estimate of drug-likeness (QED) is 0.0420. The molecular weight excluding hydrogens is 975 g/mol. The number of carbonyl (C=O) groups excluding carboxylic acids is 1. The van der Waals surface area contributed by atoms with E-state index in [0.29, 0.717) is 6.42 Å². The lowest BCUT2D eigenvalue weighted by atomic mass is 10.0. The van der Waals surface area contributed by atoms with E-state index >= 15 is 0 Å². The number of carbonyl (C=O) groups is 1. The van der Waals surface area contributed by atoms with Crippen LogP contribution >= 0.6 is 0 Å². The maximum absolute atomic E-state index is 12.5. The molecular formula is C76H143NO3. The summed E-state index contributed by atoms with van der Waals surface area (Å²) in [4.78, 5) is 12.5. The van der Waals surface area contributed by atoms with E-state index in [-0.39, 0.29) is 12.5 Å². The number of allylic oxidation sites excluding steroid dienone is 9. The zero-order valence-electron chi connectivity index (χ0n) is 54.4. The van der Waals surface area contributed by atoms with Crippen molar-refractivity contribution in [2.24, 2.45) is 0 Å². The fourth-order valence-electron chi connectivity index (χ4n) is 11.4. The van der Waals surface area contributed by atoms with Crippen molar-refractivity contribution >= 4 is 5.91 Å². The van der Waals surface area contributed by atoms with Crippen molar-refractivity contribution in [2.45, 2.75) is 411 Å². The highest BCUT2D eigenvalue weighted by Crippen LogP contribution is 2.19. The fraction of sp³-hybridized carbons (Fsp3) is 0.855. The highest BCUT2D eigenvalue weighted by atomic mass is 16.3. The van der Waals surface area contributed by atoms with E-state index in [1.165, 1.54) is 334 Å². The van der Waals surface area contributed by atoms with E-state index in [9.17, 15) is 15.0 Å². The molecule has 0 aromatic carbocycles. The molecule has 80 heavy (non-hydrogen) atoms. The maximum Gasteiger partial charge on any atom is 0.220 e. The Hall–Kier alpha value is -1.91. The number of aliphatic hydroxyl groups excluding tert-OH is 2. The third-order valence-electron chi connectivity index (χ3n) is 17.0. The van der Waals surface area contributed by atoms with Gasteiger partial charge in [-0.25, -0.2) is 0 Å². The molecule has 0 saturated carbocycles. The Morgan fingerprint density at radius 2 is 0.525 bits per heavy atom. The molecule has 4 nitrogen and oxygen atoms in total. The molecule has 0 aliphatic heterocycles. The van der Waals surface area contributed by atoms with Gasteiger partial charge in [0.2, 0.25) is 5.91 Å². The average Bonchev–Trinajstić information content (AvgIpc) is 3.46. The molecule has 0 aliphatic carbocycles. The predicted molar refractivity (Wildman–Crippen MR) is 359 cm³/mol. The second-order valence-corrected chi connectivity index (χ2v) is 25.0. The molecule has 4 heteroatoms. The third kappa shape index (κ3) is 66.9. The molecule has 3 N–H and O–H groups in total. The summed E-state index contributed by atoms with van der Waals surface area (Å²) in [5.74, 6) is -0.0707. The van der Waals surface area contributed by atoms with Crippen molar-refractivity contribution in [3.8, 4) is 0 Å². The van der Waals surface area contributed by atoms with Crippen molar-refractivity contribution in [3.63, 3.8) is 0 Å². The van der Waals surface area contributed by atoms with E-state index in [1.807, 2.05) is 6.08 Å². The lowest BCUT2D eigenvalue weighted by molar-refractivity contribution is -0.123. The molecule has 0 fully saturated rings. The Bertz CT molecular complexity index is 1310. The van der Waals surface area contributed by atoms with Crippen LogP contribution in [0.5, 0.6) is 0 Å². The summed E-state index contributed by atoms with van der Waals surface area (Å²) in [6, 6.07) is -0.647. The number of aliphatic hydroxyl groups is 2. The summed E-state index contributed by atoms with van der Waals surface area (Å²) in [5, 5.41) is 23.3. The second-order valence-electron chi connectivity index (χ2n) is 25.0. The standard InChI is InChI=1S/C76H143NO3/c1-3-5-7-9-11-13-15-17-19-21-23-25-27-29-31-33-34-35-36-37-38-39-40-41-42-44-46-48-50-52-54-56-58-60-62-64-66-68-70-72-76(80)77-74(73-78)75(79)71-69-67-65-63-61-59-57-55-53-51-49-47-45-43-32-30-28-26-24-22-20-18-16-14-12-10-8-6-4-2/h15,17,21,23,53,55,61,63,69,71,74-75,78-79H,3-14,16,18-20,22,24-52,54,56-60,62,64-68,70,72-73H2,1-2H3,(H,77,80)/b17-15-,23-21-,55-53+,63-61+,71-69+. The van der Waals surface area contributed by atoms with Gasteiger partial charge < -0.3 is 15.5 Å². The van der Waals surface area contributed by atoms with Crippen molar-refractivity contribution in [1.82, 2.24) is 5.32 Å². The number of unbranched alkanes of at least 4 members (excludes halogenated alkanes) is 53. The summed E-state index contributed by atoms with van der Waals surface area (Å²) in [6.07, 6.45) is 102. The third-order valence-corrected chi connectivity index (χ3v) is 17.0. The topological polar surface area (TPSA) is 69.6 Å². The first-order valence-corrected chi connectivity index (χ1v) is 36.5. The number of hydrogen-bond donors (Lipinski definition) is 3. The SMILES string of the molecule is CCCCCCC/C=C\C/C=C\CCCCCCCCCCCCCCCCCCCCCCCCCCCCCC(=O)NC(CO)C(O)/C=C/CC/C=C/CC/C=C/CCCCCCCCCCCCCCCCCCCCC. The van der Waals surface area contributed by atoms with Gasteiger partial charge >= 0.3 is 0 Å². The van der Waals surface area contributed by atoms with Gasteiger partial charge in [0.15, 0.2) is 0 Å². The van der Waals surface area contributed by atoms with Crippen LogP contribution in [0, 0.1) is 0 Å². The van der Waals surface area contributed by atoms with Gasteiger partial charge in [-0.05, 0) is 77.0 Å². The van der Waals surface area contributed by atoms with Crippen LogP contribution in [0.25, 0.3) is 0 Å². The zero-order chi connectivity index (χ0) is 57.6. The molecule has 0 spiro atoms. The summed E-state index contributed by atoms with van der Waals surface area (Å²) < 4.78 is 0. The molecule has 0 aliphatic rings. The van der Waals surface area contributed by atoms with Crippen LogP contribution in [-0.4, -0.2) is 34.9 Å². The molecule has 0 bridgehead atoms. The molecule has 2 atom stereocenters. The van der Waals surface area contributed by atoms with Crippen LogP contribution in [0.1, 0.15) is 399 Å². The number of rotatable bonds is 68. The van der Waals surface area contributed by atoms with Crippen molar-refractivity contribution < 1.29 is 15.0 Å². The van der Waals surface area contributed by atoms with Crippen LogP contribution in [0.3, 0.4) is 0 Å². The lowest BCUT2D eigenvalue weighted by Crippen LogP contribution is -2.45. The smallest absolute Gasteiger partial charge is 0.220 e. The first-order valence-electron chi connectivity index (χ1n) is 36.5. The maximum atomic E-state index is 12.5. The van der Waals surface area contributed by atoms with E-state index in [1.54, 1.807) is 6.08 Å². The van der Waals surface area contributed by atoms with Crippen LogP contribution in [0.2, 0.25) is 0 Å². The summed E-state index contributed by atoms with van der Waals surface area (Å²) in [7, 11) is 0. The molecule has 0 saturated heterocycles. The van der Waals surface area contributed by atoms with Gasteiger partial charge in [0, 0.05) is 6.42 Å². The molecule has 0 aromatic heterocycles. The van der Waals surface area contributed by atoms with Gasteiger partial charge in [-0.2, -0.15) is 0 Å². The number of nitrogens with one attached hydrogen (secondary N) is 1. The summed E-state index contributed by atoms with van der Waals surface area (Å²) >= 11 is 0. The molecule has 470 valence electrons. The largest absolute Gasteiger partial charge is 0.394 e. The van der Waals surface area contributed by atoms with Crippen LogP contribution in [0.15, 0.2) is 60.8 Å². The summed E-state index contributed by atoms with van der Waals surface area (Å²) in [5.41, 5.74) is 0. The monoisotopic (exact) mass is 1120 g/mol. The van der Waals surface area contributed by atoms with Gasteiger partial charge in [-0.3, -0.25) is 4.79 Å². The fourth-order valence-corrected chi connectivity index (χ4v) is 11.4. The van der Waals surface area contributed by atoms with E-state index in [2.05, 4.69) is 67.8 Å². The Morgan fingerprint density at radius 3 is 0.800 bits per heavy atom. The van der Waals surface area contributed by atoms with Crippen molar-refractivity contribution in [1.29, 1.82) is 0 Å². The Morgan fingerprint density at radius 1 is 0.300 bits per heavy atom. The van der Waals surface area contributed by atoms with Gasteiger partial charge in [0.05, 0.1) is 18.8 Å². The van der Waals surface area contributed by atoms with Crippen molar-refractivity contribution in [2.75, 3.05) is 6.61 Å². The van der Waals surface area contributed by atoms with Gasteiger partial charge in [0.1, 0.15) is 0 Å². The lowest BCUT2D eigenvalue weighted by Gasteiger charge is -2.19. The number of hydrogen-bond acceptors (Lipinski definition) is 3. The zero-order valence-corrected chi connectivity index (χ0v) is 54.4. The minimum Gasteiger partial charge on any atom is -0.394 e. The molecule has 2 unspecified atom stereocenters. The van der Waals surface area contributed by atoms with Crippen LogP contribution in [-0.2, 0) is 4.79 Å². The molecule has 0 aromatic rings. The van der Waals surface area contributed by atoms with Crippen LogP contribution < -0.4 is 5.32 Å². The second kappa shape index (κ2) is 71.4. The Balaban J connectivity index is 3.45. The minimum absolute atomic E-state index is 0.0707. The molecule has 0 radical (unpaired) electrons. The minimum atomic E-state index is -0.872. The van der Waals surface area contributed by atoms with Crippen molar-refractivity contribution in [3.05, 3.63) is 60.8 Å². The molecule has 1 amide bonds. The Labute approximate surface area is 502 Å².